The summed E-state index contributed by atoms with van der Waals surface area (Å²) in [5.41, 5.74) is 1.54. The van der Waals surface area contributed by atoms with Crippen molar-refractivity contribution in [1.82, 2.24) is 10.2 Å². The highest BCUT2D eigenvalue weighted by Gasteiger charge is 2.30. The van der Waals surface area contributed by atoms with Crippen molar-refractivity contribution in [3.05, 3.63) is 65.7 Å². The van der Waals surface area contributed by atoms with Gasteiger partial charge in [0.15, 0.2) is 5.78 Å². The van der Waals surface area contributed by atoms with E-state index in [0.29, 0.717) is 12.0 Å². The van der Waals surface area contributed by atoms with Crippen LogP contribution in [0.15, 0.2) is 54.6 Å². The summed E-state index contributed by atoms with van der Waals surface area (Å²) in [7, 11) is -3.85. The molecule has 1 N–H and O–H groups in total. The first-order valence-corrected chi connectivity index (χ1v) is 13.0. The number of carbonyl (C=O) groups excluding carboxylic acids is 3. The molecule has 0 saturated carbocycles. The SMILES string of the molecule is CC(=O)c1cccc(N(CC(=O)N(CCc2ccccc2)C(C)C(=O)NC(C)C)S(C)(=O)=O)c1. The Balaban J connectivity index is 2.35. The molecular weight excluding hydrogens is 454 g/mol. The van der Waals surface area contributed by atoms with E-state index in [9.17, 15) is 22.8 Å². The summed E-state index contributed by atoms with van der Waals surface area (Å²) < 4.78 is 26.1. The van der Waals surface area contributed by atoms with Crippen LogP contribution < -0.4 is 9.62 Å². The minimum atomic E-state index is -3.85. The minimum absolute atomic E-state index is 0.108. The zero-order chi connectivity index (χ0) is 25.5. The van der Waals surface area contributed by atoms with Crippen LogP contribution in [0.1, 0.15) is 43.6 Å². The minimum Gasteiger partial charge on any atom is -0.352 e. The Labute approximate surface area is 202 Å². The Kier molecular flexibility index (Phi) is 9.37. The highest BCUT2D eigenvalue weighted by molar-refractivity contribution is 7.92. The molecule has 8 nitrogen and oxygen atoms in total. The second-order valence-corrected chi connectivity index (χ2v) is 10.4. The Bertz CT molecular complexity index is 1120. The van der Waals surface area contributed by atoms with E-state index in [2.05, 4.69) is 5.32 Å². The smallest absolute Gasteiger partial charge is 0.244 e. The van der Waals surface area contributed by atoms with Crippen LogP contribution in [0.2, 0.25) is 0 Å². The van der Waals surface area contributed by atoms with Crippen molar-refractivity contribution < 1.29 is 22.8 Å². The largest absolute Gasteiger partial charge is 0.352 e. The molecule has 1 atom stereocenters. The van der Waals surface area contributed by atoms with Crippen molar-refractivity contribution in [1.29, 1.82) is 0 Å². The number of benzene rings is 2. The Morgan fingerprint density at radius 2 is 1.62 bits per heavy atom. The lowest BCUT2D eigenvalue weighted by Gasteiger charge is -2.32. The molecule has 2 aromatic rings. The van der Waals surface area contributed by atoms with E-state index >= 15 is 0 Å². The predicted molar refractivity (Wildman–Crippen MR) is 133 cm³/mol. The molecule has 0 aliphatic heterocycles. The normalized spacial score (nSPS) is 12.2. The first-order chi connectivity index (χ1) is 15.9. The molecule has 0 aromatic heterocycles. The first kappa shape index (κ1) is 27.0. The van der Waals surface area contributed by atoms with Crippen molar-refractivity contribution in [3.8, 4) is 0 Å². The number of carbonyl (C=O) groups is 3. The Morgan fingerprint density at radius 1 is 0.971 bits per heavy atom. The van der Waals surface area contributed by atoms with E-state index in [0.717, 1.165) is 16.1 Å². The Morgan fingerprint density at radius 3 is 2.18 bits per heavy atom. The van der Waals surface area contributed by atoms with E-state index in [1.807, 2.05) is 44.2 Å². The van der Waals surface area contributed by atoms with Gasteiger partial charge in [0.25, 0.3) is 0 Å². The molecule has 2 rings (SSSR count). The maximum Gasteiger partial charge on any atom is 0.244 e. The fourth-order valence-electron chi connectivity index (χ4n) is 3.47. The molecule has 0 radical (unpaired) electrons. The highest BCUT2D eigenvalue weighted by Crippen LogP contribution is 2.20. The third-order valence-electron chi connectivity index (χ3n) is 5.30. The summed E-state index contributed by atoms with van der Waals surface area (Å²) in [6.45, 7) is 6.41. The van der Waals surface area contributed by atoms with Crippen LogP contribution in [-0.4, -0.2) is 62.3 Å². The molecule has 0 aliphatic rings. The summed E-state index contributed by atoms with van der Waals surface area (Å²) in [6.07, 6.45) is 1.51. The number of nitrogens with one attached hydrogen (secondary N) is 1. The molecule has 0 aliphatic carbocycles. The van der Waals surface area contributed by atoms with E-state index < -0.39 is 28.5 Å². The average Bonchev–Trinajstić information content (AvgIpc) is 2.77. The Hall–Kier alpha value is -3.20. The van der Waals surface area contributed by atoms with E-state index in [1.165, 1.54) is 24.0 Å². The summed E-state index contributed by atoms with van der Waals surface area (Å²) >= 11 is 0. The second kappa shape index (κ2) is 11.8. The molecule has 0 spiro atoms. The predicted octanol–water partition coefficient (Wildman–Crippen LogP) is 2.64. The second-order valence-electron chi connectivity index (χ2n) is 8.54. The number of Topliss-reactive ketones (excluding diaryl/α,β-unsaturated/α-hetero) is 1. The van der Waals surface area contributed by atoms with Gasteiger partial charge in [-0.1, -0.05) is 42.5 Å². The number of ketones is 1. The molecule has 0 saturated heterocycles. The van der Waals surface area contributed by atoms with E-state index in [-0.39, 0.29) is 30.0 Å². The van der Waals surface area contributed by atoms with Crippen molar-refractivity contribution in [2.24, 2.45) is 0 Å². The maximum absolute atomic E-state index is 13.4. The van der Waals surface area contributed by atoms with Crippen LogP contribution in [0, 0.1) is 0 Å². The van der Waals surface area contributed by atoms with Gasteiger partial charge in [-0.2, -0.15) is 0 Å². The van der Waals surface area contributed by atoms with Gasteiger partial charge in [-0.3, -0.25) is 18.7 Å². The molecule has 2 aromatic carbocycles. The van der Waals surface area contributed by atoms with Crippen LogP contribution in [0.4, 0.5) is 5.69 Å². The van der Waals surface area contributed by atoms with E-state index in [1.54, 1.807) is 19.1 Å². The number of rotatable bonds is 11. The number of amides is 2. The average molecular weight is 488 g/mol. The van der Waals surface area contributed by atoms with E-state index in [4.69, 9.17) is 0 Å². The molecule has 1 unspecified atom stereocenters. The molecular formula is C25H33N3O5S. The van der Waals surface area contributed by atoms with Crippen molar-refractivity contribution in [2.45, 2.75) is 46.2 Å². The molecule has 184 valence electrons. The summed E-state index contributed by atoms with van der Waals surface area (Å²) in [5.74, 6) is -1.05. The number of anilines is 1. The van der Waals surface area contributed by atoms with Gasteiger partial charge in [-0.25, -0.2) is 8.42 Å². The van der Waals surface area contributed by atoms with Gasteiger partial charge in [-0.05, 0) is 51.8 Å². The third-order valence-corrected chi connectivity index (χ3v) is 6.44. The number of hydrogen-bond donors (Lipinski definition) is 1. The van der Waals surface area contributed by atoms with Crippen molar-refractivity contribution >= 4 is 33.3 Å². The highest BCUT2D eigenvalue weighted by atomic mass is 32.2. The van der Waals surface area contributed by atoms with Crippen molar-refractivity contribution in [3.63, 3.8) is 0 Å². The molecule has 0 bridgehead atoms. The van der Waals surface area contributed by atoms with Crippen molar-refractivity contribution in [2.75, 3.05) is 23.7 Å². The fraction of sp³-hybridized carbons (Fsp3) is 0.400. The van der Waals surface area contributed by atoms with Gasteiger partial charge in [0.05, 0.1) is 11.9 Å². The monoisotopic (exact) mass is 487 g/mol. The zero-order valence-electron chi connectivity index (χ0n) is 20.3. The van der Waals surface area contributed by atoms with Gasteiger partial charge >= 0.3 is 0 Å². The van der Waals surface area contributed by atoms with Crippen LogP contribution in [0.5, 0.6) is 0 Å². The standard InChI is InChI=1S/C25H33N3O5S/c1-18(2)26-25(31)19(3)27(15-14-21-10-7-6-8-11-21)24(30)17-28(34(5,32)33)23-13-9-12-22(16-23)20(4)29/h6-13,16,18-19H,14-15,17H2,1-5H3,(H,26,31). The quantitative estimate of drug-likeness (QED) is 0.491. The van der Waals surface area contributed by atoms with Crippen LogP contribution in [0.3, 0.4) is 0 Å². The lowest BCUT2D eigenvalue weighted by molar-refractivity contribution is -0.139. The topological polar surface area (TPSA) is 104 Å². The number of hydrogen-bond acceptors (Lipinski definition) is 5. The van der Waals surface area contributed by atoms with Crippen LogP contribution >= 0.6 is 0 Å². The first-order valence-electron chi connectivity index (χ1n) is 11.1. The molecule has 34 heavy (non-hydrogen) atoms. The summed E-state index contributed by atoms with van der Waals surface area (Å²) in [6, 6.07) is 14.8. The van der Waals surface area contributed by atoms with Gasteiger partial charge in [0.2, 0.25) is 21.8 Å². The molecule has 0 fully saturated rings. The van der Waals surface area contributed by atoms with Gasteiger partial charge in [0.1, 0.15) is 12.6 Å². The lowest BCUT2D eigenvalue weighted by Crippen LogP contribution is -2.53. The summed E-state index contributed by atoms with van der Waals surface area (Å²) in [4.78, 5) is 39.3. The zero-order valence-corrected chi connectivity index (χ0v) is 21.1. The number of sulfonamides is 1. The lowest BCUT2D eigenvalue weighted by atomic mass is 10.1. The molecule has 2 amide bonds. The molecule has 9 heteroatoms. The van der Waals surface area contributed by atoms with Gasteiger partial charge < -0.3 is 10.2 Å². The van der Waals surface area contributed by atoms with Crippen LogP contribution in [-0.2, 0) is 26.0 Å². The van der Waals surface area contributed by atoms with Gasteiger partial charge in [0, 0.05) is 18.2 Å². The molecule has 0 heterocycles. The number of nitrogens with zero attached hydrogens (tertiary/aromatic N) is 2. The maximum atomic E-state index is 13.4. The van der Waals surface area contributed by atoms with Crippen LogP contribution in [0.25, 0.3) is 0 Å². The fourth-order valence-corrected chi connectivity index (χ4v) is 4.31. The third kappa shape index (κ3) is 7.69. The summed E-state index contributed by atoms with van der Waals surface area (Å²) in [5, 5.41) is 2.81. The van der Waals surface area contributed by atoms with Gasteiger partial charge in [-0.15, -0.1) is 0 Å².